The number of carbonyl (C=O) groups is 19. The number of amides is 10. The van der Waals surface area contributed by atoms with Crippen LogP contribution in [0.1, 0.15) is 128 Å². The second kappa shape index (κ2) is 63.9. The van der Waals surface area contributed by atoms with Gasteiger partial charge in [0.2, 0.25) is 93.5 Å². The predicted molar refractivity (Wildman–Crippen MR) is 498 cm³/mol. The second-order valence-electron chi connectivity index (χ2n) is 33.1. The summed E-state index contributed by atoms with van der Waals surface area (Å²) in [6.45, 7) is 2.83. The lowest BCUT2D eigenvalue weighted by Crippen LogP contribution is -2.63. The van der Waals surface area contributed by atoms with E-state index in [0.29, 0.717) is 29.5 Å². The Hall–Kier alpha value is -11.4. The maximum absolute atomic E-state index is 14.7. The Balaban J connectivity index is 1.87. The predicted octanol–water partition coefficient (Wildman–Crippen LogP) is -9.99. The number of rotatable bonds is 74. The molecule has 0 spiro atoms. The van der Waals surface area contributed by atoms with E-state index in [-0.39, 0.29) is 101 Å². The Bertz CT molecular complexity index is 4510. The fourth-order valence-electron chi connectivity index (χ4n) is 13.6. The van der Waals surface area contributed by atoms with Crippen LogP contribution in [0.3, 0.4) is 0 Å². The number of urea groups is 1. The van der Waals surface area contributed by atoms with Gasteiger partial charge in [-0.2, -0.15) is 30.7 Å². The van der Waals surface area contributed by atoms with Gasteiger partial charge >= 0.3 is 18.0 Å². The van der Waals surface area contributed by atoms with E-state index in [0.717, 1.165) is 0 Å². The Morgan fingerprint density at radius 1 is 0.391 bits per heavy atom. The smallest absolute Gasteiger partial charge is 0.315 e. The molecule has 0 aliphatic carbocycles. The van der Waals surface area contributed by atoms with Crippen LogP contribution in [-0.4, -0.2) is 312 Å². The van der Waals surface area contributed by atoms with Gasteiger partial charge in [0.15, 0.2) is 0 Å². The minimum atomic E-state index is -2.39. The number of phenols is 2. The Labute approximate surface area is 805 Å². The number of ketones is 8. The van der Waals surface area contributed by atoms with Gasteiger partial charge in [0, 0.05) is 17.4 Å². The lowest BCUT2D eigenvalue weighted by molar-refractivity contribution is -0.145. The number of aromatic hydroxyl groups is 2. The summed E-state index contributed by atoms with van der Waals surface area (Å²) in [7, 11) is 0. The highest BCUT2D eigenvalue weighted by molar-refractivity contribution is 7.80. The second-order valence-corrected chi connectivity index (χ2v) is 33.9. The number of aliphatic carboxylic acids is 2. The molecule has 0 saturated carbocycles. The first-order valence-corrected chi connectivity index (χ1v) is 45.5. The standard InChI is InChI=1S/C85H133N23O28S2/c1-42(2)29-54(71(122)76(127)62(40-137)96-79(130)52(16-9-11-27-87)102-100-50(15-8-10-26-86)69(120)73(124)56(32-46-20-24-49(113)25-21-46)103-101-51(17-12-28-92-84(90)91)70(121)75(126)60(38-110)108-136)94-83(134)68(43(3)4)99-80(131)57(34-65(88)115)95-82(133)61(39-111)106-105-59(37-109)74(125)72(123)55(35-66(116)117)93-81(132)58(36-67(118)119)104-107-78(129)47(30-44-13-6-5-7-14-44)33-64(114)53(31-45-18-22-48(112)23-19-45)97-85(135)98-63(41-138)77(89)128/h5-7,13-14,18-25,42-43,47,50-64,68,84,92,100-106,108-114,136-138H,8-12,15-17,26-41,86-87,90-91H2,1-4H3,(H2,88,115)(H2,89,128)(H,93,132)(H,94,134)(H,95,133)(H,96,130)(H,99,131)(H,107,129)(H,116,117)(H,118,119)(H2,97,98,135)/t47?,50-,51-,52-,53?,54-,55-,56-,57-,58-,59-,60-,61-,62-,63-,64?,68-/m0/s1. The monoisotopic (exact) mass is 1990 g/mol. The summed E-state index contributed by atoms with van der Waals surface area (Å²) < 4.78 is 0. The molecule has 0 fully saturated rings. The molecule has 53 heteroatoms. The number of carboxylic acids is 2. The number of aliphatic hydroxyl groups excluding tert-OH is 4. The van der Waals surface area contributed by atoms with Crippen LogP contribution in [0, 0.1) is 17.8 Å². The first-order chi connectivity index (χ1) is 65.3. The molecule has 138 heavy (non-hydrogen) atoms. The Morgan fingerprint density at radius 3 is 1.31 bits per heavy atom. The molecule has 0 aliphatic heterocycles. The first-order valence-electron chi connectivity index (χ1n) is 44.2. The normalized spacial score (nSPS) is 15.1. The zero-order valence-corrected chi connectivity index (χ0v) is 78.5. The van der Waals surface area contributed by atoms with Gasteiger partial charge in [-0.05, 0) is 143 Å². The molecule has 10 amide bonds. The molecular formula is C85H133N23O28S2. The van der Waals surface area contributed by atoms with E-state index in [1.165, 1.54) is 62.4 Å². The van der Waals surface area contributed by atoms with Crippen LogP contribution in [0.2, 0.25) is 0 Å². The van der Waals surface area contributed by atoms with Crippen molar-refractivity contribution in [2.75, 3.05) is 51.0 Å². The number of thiol groups is 2. The number of Topliss-reactive ketones (excluding diaryl/α,β-unsaturated/α-hetero) is 8. The van der Waals surface area contributed by atoms with Crippen molar-refractivity contribution in [1.82, 2.24) is 91.4 Å². The number of hydrazine groups is 4. The van der Waals surface area contributed by atoms with Crippen LogP contribution in [0.4, 0.5) is 4.79 Å². The number of carboxylic acid groups (broad SMARTS) is 2. The maximum atomic E-state index is 14.7. The van der Waals surface area contributed by atoms with Gasteiger partial charge in [-0.1, -0.05) is 95.1 Å². The molecule has 0 bridgehead atoms. The molecule has 768 valence electrons. The van der Waals surface area contributed by atoms with E-state index < -0.39 is 284 Å². The van der Waals surface area contributed by atoms with Crippen LogP contribution in [0.5, 0.6) is 11.5 Å². The summed E-state index contributed by atoms with van der Waals surface area (Å²) >= 11 is 8.31. The summed E-state index contributed by atoms with van der Waals surface area (Å²) in [4.78, 5) is 261. The van der Waals surface area contributed by atoms with Crippen molar-refractivity contribution in [2.24, 2.45) is 52.2 Å². The number of hydroxylamine groups is 1. The highest BCUT2D eigenvalue weighted by atomic mass is 32.1. The Kier molecular flexibility index (Phi) is 55.9. The summed E-state index contributed by atoms with van der Waals surface area (Å²) in [6, 6.07) is -7.83. The third-order valence-electron chi connectivity index (χ3n) is 21.2. The van der Waals surface area contributed by atoms with Crippen molar-refractivity contribution in [3.8, 4) is 11.5 Å². The molecule has 0 saturated heterocycles. The number of nitrogens with one attached hydrogen (secondary N) is 17. The van der Waals surface area contributed by atoms with Gasteiger partial charge in [-0.25, -0.2) is 42.8 Å². The fourth-order valence-corrected chi connectivity index (χ4v) is 14.1. The molecule has 38 N–H and O–H groups in total. The van der Waals surface area contributed by atoms with Gasteiger partial charge in [0.05, 0.1) is 81.4 Å². The van der Waals surface area contributed by atoms with Crippen LogP contribution in [0.15, 0.2) is 78.9 Å². The van der Waals surface area contributed by atoms with Gasteiger partial charge in [-0.3, -0.25) is 97.0 Å². The molecule has 0 aliphatic rings. The molecule has 51 nitrogen and oxygen atoms in total. The van der Waals surface area contributed by atoms with Crippen molar-refractivity contribution < 1.29 is 137 Å². The number of phenolic OH excluding ortho intramolecular Hbond substituents is 2. The highest BCUT2D eigenvalue weighted by Gasteiger charge is 2.42. The SMILES string of the molecule is CC(C)C[C@H](NC(=O)[C@@H](NC(=O)[C@H](CC(N)=O)NC(=O)[C@H](CO)NN[C@@H](CO)C(=O)C(=O)[C@H](CC(=O)O)NC(=O)[C@H](CC(=O)O)NNC(=O)C(Cc1ccccc1)CC(O)C(Cc1ccc(O)cc1)NC(=O)N[C@@H](CS)C(N)=O)C(C)C)C(=O)C(=O)[C@H](CS)NC(=O)[C@H](CCCCN)NN[C@@H](CCCCN)C(=O)C(=O)[C@H](Cc1ccc(O)cc1)NN[C@@H](CCCNC(N)N)C(=O)C(=O)[C@H](CO)NO. The summed E-state index contributed by atoms with van der Waals surface area (Å²) in [5.41, 5.74) is 56.2. The van der Waals surface area contributed by atoms with Crippen molar-refractivity contribution >= 4 is 137 Å². The quantitative estimate of drug-likeness (QED) is 0.00820. The third-order valence-corrected chi connectivity index (χ3v) is 22.0. The minimum Gasteiger partial charge on any atom is -0.508 e. The van der Waals surface area contributed by atoms with E-state index in [4.69, 9.17) is 34.4 Å². The van der Waals surface area contributed by atoms with Gasteiger partial charge < -0.3 is 118 Å². The lowest BCUT2D eigenvalue weighted by atomic mass is 9.89. The molecule has 0 aromatic heterocycles. The molecule has 3 aromatic carbocycles. The number of benzene rings is 3. The lowest BCUT2D eigenvalue weighted by Gasteiger charge is -2.29. The van der Waals surface area contributed by atoms with E-state index in [1.807, 2.05) is 5.32 Å². The minimum absolute atomic E-state index is 0.0701. The third kappa shape index (κ3) is 43.3. The summed E-state index contributed by atoms with van der Waals surface area (Å²) in [5.74, 6) is -27.6. The number of aliphatic hydroxyl groups is 4. The van der Waals surface area contributed by atoms with E-state index >= 15 is 0 Å². The zero-order valence-electron chi connectivity index (χ0n) is 76.7. The fraction of sp³-hybridized carbons (Fsp3) is 0.565. The maximum Gasteiger partial charge on any atom is 0.315 e. The van der Waals surface area contributed by atoms with Crippen LogP contribution in [0.25, 0.3) is 0 Å². The van der Waals surface area contributed by atoms with Gasteiger partial charge in [-0.15, -0.1) is 0 Å². The van der Waals surface area contributed by atoms with Crippen molar-refractivity contribution in [3.63, 3.8) is 0 Å². The Morgan fingerprint density at radius 2 is 0.812 bits per heavy atom. The molecule has 17 atom stereocenters. The number of nitrogens with two attached hydrogens (primary N) is 6. The number of carbonyl (C=O) groups excluding carboxylic acids is 17. The molecule has 3 rings (SSSR count). The molecule has 3 unspecified atom stereocenters. The van der Waals surface area contributed by atoms with Crippen LogP contribution < -0.4 is 126 Å². The van der Waals surface area contributed by atoms with E-state index in [9.17, 15) is 137 Å². The highest BCUT2D eigenvalue weighted by Crippen LogP contribution is 2.22. The van der Waals surface area contributed by atoms with Gasteiger partial charge in [0.1, 0.15) is 72.2 Å². The van der Waals surface area contributed by atoms with Gasteiger partial charge in [0.25, 0.3) is 0 Å². The number of hydrogen-bond donors (Lipinski definition) is 34. The zero-order chi connectivity index (χ0) is 104. The summed E-state index contributed by atoms with van der Waals surface area (Å²) in [5, 5.41) is 111. The average molecular weight is 1990 g/mol. The van der Waals surface area contributed by atoms with E-state index in [1.54, 1.807) is 49.7 Å². The van der Waals surface area contributed by atoms with E-state index in [2.05, 4.69) is 106 Å². The van der Waals surface area contributed by atoms with Crippen molar-refractivity contribution in [2.45, 2.75) is 233 Å². The van der Waals surface area contributed by atoms with Crippen molar-refractivity contribution in [3.05, 3.63) is 95.6 Å². The average Bonchev–Trinajstić information content (AvgIpc) is 0.834. The number of hydrogen-bond acceptors (Lipinski definition) is 41. The number of unbranched alkanes of at least 4 members (excludes halogenated alkanes) is 2. The first kappa shape index (κ1) is 121. The van der Waals surface area contributed by atoms with Crippen LogP contribution in [-0.2, 0) is 106 Å². The molecule has 0 heterocycles. The topological polar surface area (TPSA) is 867 Å². The summed E-state index contributed by atoms with van der Waals surface area (Å²) in [6.07, 6.45) is -6.66. The molecule has 3 aromatic rings. The largest absolute Gasteiger partial charge is 0.508 e. The van der Waals surface area contributed by atoms with Crippen LogP contribution >= 0.6 is 25.3 Å². The molecule has 0 radical (unpaired) electrons. The van der Waals surface area contributed by atoms with Crippen molar-refractivity contribution in [1.29, 1.82) is 0 Å². The number of primary amides is 2. The molecular weight excluding hydrogens is 1860 g/mol.